The summed E-state index contributed by atoms with van der Waals surface area (Å²) in [5, 5.41) is 3.46. The number of hydrogen-bond acceptors (Lipinski definition) is 4. The molecule has 0 amide bonds. The van der Waals surface area contributed by atoms with Crippen molar-refractivity contribution in [1.29, 1.82) is 0 Å². The Labute approximate surface area is 106 Å². The van der Waals surface area contributed by atoms with Crippen molar-refractivity contribution in [2.75, 3.05) is 52.5 Å². The molecule has 17 heavy (non-hydrogen) atoms. The first-order chi connectivity index (χ1) is 8.29. The van der Waals surface area contributed by atoms with Crippen molar-refractivity contribution in [3.05, 3.63) is 0 Å². The summed E-state index contributed by atoms with van der Waals surface area (Å²) in [6, 6.07) is 0. The highest BCUT2D eigenvalue weighted by molar-refractivity contribution is 4.62. The molecule has 0 spiro atoms. The first-order valence-electron chi connectivity index (χ1n) is 6.91. The third kappa shape index (κ3) is 8.55. The molecule has 0 unspecified atom stereocenters. The fraction of sp³-hybridized carbons (Fsp3) is 1.00. The predicted molar refractivity (Wildman–Crippen MR) is 70.5 cm³/mol. The molecule has 0 aliphatic carbocycles. The fourth-order valence-electron chi connectivity index (χ4n) is 1.89. The second-order valence-electron chi connectivity index (χ2n) is 4.83. The first-order valence-corrected chi connectivity index (χ1v) is 6.91. The molecule has 1 saturated heterocycles. The summed E-state index contributed by atoms with van der Waals surface area (Å²) in [6.45, 7) is 12.4. The molecule has 0 radical (unpaired) electrons. The number of ether oxygens (including phenoxy) is 2. The molecule has 0 atom stereocenters. The van der Waals surface area contributed by atoms with Gasteiger partial charge in [-0.25, -0.2) is 0 Å². The Morgan fingerprint density at radius 1 is 1.18 bits per heavy atom. The van der Waals surface area contributed by atoms with Crippen molar-refractivity contribution >= 4 is 0 Å². The topological polar surface area (TPSA) is 33.7 Å². The Kier molecular flexibility index (Phi) is 8.61. The second-order valence-corrected chi connectivity index (χ2v) is 4.83. The van der Waals surface area contributed by atoms with Crippen LogP contribution < -0.4 is 5.32 Å². The van der Waals surface area contributed by atoms with E-state index in [4.69, 9.17) is 9.47 Å². The molecular formula is C13H28N2O2. The lowest BCUT2D eigenvalue weighted by atomic mass is 10.3. The van der Waals surface area contributed by atoms with Gasteiger partial charge in [0.2, 0.25) is 0 Å². The maximum absolute atomic E-state index is 5.48. The zero-order chi connectivity index (χ0) is 12.3. The number of nitrogens with one attached hydrogen (secondary N) is 1. The monoisotopic (exact) mass is 244 g/mol. The molecule has 1 aliphatic heterocycles. The Morgan fingerprint density at radius 2 is 1.88 bits per heavy atom. The minimum absolute atomic E-state index is 0.358. The maximum Gasteiger partial charge on any atom is 0.0594 e. The van der Waals surface area contributed by atoms with Crippen LogP contribution in [0.15, 0.2) is 0 Å². The molecule has 102 valence electrons. The van der Waals surface area contributed by atoms with Gasteiger partial charge in [-0.3, -0.25) is 4.90 Å². The van der Waals surface area contributed by atoms with Crippen molar-refractivity contribution < 1.29 is 9.47 Å². The van der Waals surface area contributed by atoms with Crippen LogP contribution in [0.3, 0.4) is 0 Å². The molecule has 0 bridgehead atoms. The van der Waals surface area contributed by atoms with Crippen LogP contribution in [0.25, 0.3) is 0 Å². The summed E-state index contributed by atoms with van der Waals surface area (Å²) in [5.74, 6) is 0. The van der Waals surface area contributed by atoms with E-state index in [-0.39, 0.29) is 0 Å². The van der Waals surface area contributed by atoms with Crippen LogP contribution in [-0.4, -0.2) is 63.5 Å². The zero-order valence-electron chi connectivity index (χ0n) is 11.4. The van der Waals surface area contributed by atoms with Gasteiger partial charge in [-0.1, -0.05) is 0 Å². The normalized spacial score (nSPS) is 17.8. The average molecular weight is 244 g/mol. The van der Waals surface area contributed by atoms with E-state index in [1.54, 1.807) is 0 Å². The van der Waals surface area contributed by atoms with E-state index >= 15 is 0 Å². The van der Waals surface area contributed by atoms with Gasteiger partial charge in [-0.2, -0.15) is 0 Å². The van der Waals surface area contributed by atoms with Crippen LogP contribution in [0, 0.1) is 0 Å². The fourth-order valence-corrected chi connectivity index (χ4v) is 1.89. The number of hydrogen-bond donors (Lipinski definition) is 1. The summed E-state index contributed by atoms with van der Waals surface area (Å²) >= 11 is 0. The van der Waals surface area contributed by atoms with Crippen LogP contribution in [-0.2, 0) is 9.47 Å². The summed E-state index contributed by atoms with van der Waals surface area (Å²) in [6.07, 6.45) is 2.69. The molecule has 0 aromatic carbocycles. The highest BCUT2D eigenvalue weighted by atomic mass is 16.5. The molecule has 1 N–H and O–H groups in total. The second kappa shape index (κ2) is 9.83. The average Bonchev–Trinajstić information content (AvgIpc) is 2.33. The first kappa shape index (κ1) is 14.9. The molecule has 4 heteroatoms. The van der Waals surface area contributed by atoms with E-state index in [9.17, 15) is 0 Å². The van der Waals surface area contributed by atoms with Crippen molar-refractivity contribution in [1.82, 2.24) is 10.2 Å². The van der Waals surface area contributed by atoms with Gasteiger partial charge in [0, 0.05) is 19.7 Å². The Morgan fingerprint density at radius 3 is 2.59 bits per heavy atom. The van der Waals surface area contributed by atoms with Gasteiger partial charge in [0.25, 0.3) is 0 Å². The highest BCUT2D eigenvalue weighted by Gasteiger charge is 2.08. The van der Waals surface area contributed by atoms with E-state index in [0.717, 1.165) is 52.4 Å². The molecule has 1 heterocycles. The lowest BCUT2D eigenvalue weighted by Crippen LogP contribution is -2.37. The van der Waals surface area contributed by atoms with Crippen LogP contribution in [0.4, 0.5) is 0 Å². The van der Waals surface area contributed by atoms with Crippen LogP contribution in [0.2, 0.25) is 0 Å². The third-order valence-corrected chi connectivity index (χ3v) is 2.88. The Hall–Kier alpha value is -0.160. The smallest absolute Gasteiger partial charge is 0.0594 e. The van der Waals surface area contributed by atoms with Gasteiger partial charge < -0.3 is 14.8 Å². The van der Waals surface area contributed by atoms with Crippen molar-refractivity contribution in [2.24, 2.45) is 0 Å². The van der Waals surface area contributed by atoms with Gasteiger partial charge >= 0.3 is 0 Å². The molecule has 0 aromatic rings. The molecule has 0 saturated carbocycles. The number of nitrogens with zero attached hydrogens (tertiary/aromatic N) is 1. The standard InChI is InChI=1S/C13H28N2O2/c1-13(2)17-10-4-6-14-5-3-7-15-8-11-16-12-9-15/h13-14H,3-12H2,1-2H3. The summed E-state index contributed by atoms with van der Waals surface area (Å²) in [4.78, 5) is 2.48. The van der Waals surface area contributed by atoms with Gasteiger partial charge in [0.1, 0.15) is 0 Å². The van der Waals surface area contributed by atoms with Gasteiger partial charge in [-0.15, -0.1) is 0 Å². The summed E-state index contributed by atoms with van der Waals surface area (Å²) in [7, 11) is 0. The van der Waals surface area contributed by atoms with Gasteiger partial charge in [-0.05, 0) is 46.3 Å². The minimum atomic E-state index is 0.358. The molecule has 1 rings (SSSR count). The van der Waals surface area contributed by atoms with E-state index in [1.165, 1.54) is 13.0 Å². The Bertz CT molecular complexity index is 171. The van der Waals surface area contributed by atoms with E-state index in [2.05, 4.69) is 24.1 Å². The number of morpholine rings is 1. The molecule has 1 aliphatic rings. The van der Waals surface area contributed by atoms with Crippen molar-refractivity contribution in [2.45, 2.75) is 32.8 Å². The Balaban J connectivity index is 1.78. The minimum Gasteiger partial charge on any atom is -0.379 e. The van der Waals surface area contributed by atoms with E-state index < -0.39 is 0 Å². The summed E-state index contributed by atoms with van der Waals surface area (Å²) in [5.41, 5.74) is 0. The van der Waals surface area contributed by atoms with Crippen LogP contribution in [0.5, 0.6) is 0 Å². The zero-order valence-corrected chi connectivity index (χ0v) is 11.4. The third-order valence-electron chi connectivity index (χ3n) is 2.88. The quantitative estimate of drug-likeness (QED) is 0.616. The molecule has 1 fully saturated rings. The van der Waals surface area contributed by atoms with Crippen LogP contribution >= 0.6 is 0 Å². The van der Waals surface area contributed by atoms with E-state index in [1.807, 2.05) is 0 Å². The molecule has 0 aromatic heterocycles. The largest absolute Gasteiger partial charge is 0.379 e. The molecule has 4 nitrogen and oxygen atoms in total. The van der Waals surface area contributed by atoms with Gasteiger partial charge in [0.05, 0.1) is 19.3 Å². The van der Waals surface area contributed by atoms with E-state index in [0.29, 0.717) is 6.10 Å². The van der Waals surface area contributed by atoms with Gasteiger partial charge in [0.15, 0.2) is 0 Å². The maximum atomic E-state index is 5.48. The molecular weight excluding hydrogens is 216 g/mol. The SMILES string of the molecule is CC(C)OCCCNCCCN1CCOCC1. The van der Waals surface area contributed by atoms with Crippen molar-refractivity contribution in [3.63, 3.8) is 0 Å². The lowest BCUT2D eigenvalue weighted by Gasteiger charge is -2.26. The highest BCUT2D eigenvalue weighted by Crippen LogP contribution is 1.97. The summed E-state index contributed by atoms with van der Waals surface area (Å²) < 4.78 is 10.8. The van der Waals surface area contributed by atoms with Crippen LogP contribution in [0.1, 0.15) is 26.7 Å². The number of rotatable bonds is 9. The predicted octanol–water partition coefficient (Wildman–Crippen LogP) is 1.11. The lowest BCUT2D eigenvalue weighted by molar-refractivity contribution is 0.0374. The van der Waals surface area contributed by atoms with Crippen molar-refractivity contribution in [3.8, 4) is 0 Å².